The predicted octanol–water partition coefficient (Wildman–Crippen LogP) is 2.32. The Morgan fingerprint density at radius 1 is 1.28 bits per heavy atom. The van der Waals surface area contributed by atoms with Gasteiger partial charge in [-0.05, 0) is 43.9 Å². The minimum absolute atomic E-state index is 0.00234. The van der Waals surface area contributed by atoms with E-state index >= 15 is 0 Å². The van der Waals surface area contributed by atoms with E-state index in [0.29, 0.717) is 5.82 Å². The number of ether oxygens (including phenoxy) is 1. The molecule has 2 aromatic heterocycles. The third-order valence-corrected chi connectivity index (χ3v) is 7.64. The molecule has 0 radical (unpaired) electrons. The summed E-state index contributed by atoms with van der Waals surface area (Å²) in [6.07, 6.45) is 9.23. The van der Waals surface area contributed by atoms with E-state index in [2.05, 4.69) is 21.4 Å². The fourth-order valence-corrected chi connectivity index (χ4v) is 5.99. The van der Waals surface area contributed by atoms with Crippen molar-refractivity contribution in [3.05, 3.63) is 28.9 Å². The minimum atomic E-state index is -0.277. The second-order valence-corrected chi connectivity index (χ2v) is 9.33. The van der Waals surface area contributed by atoms with E-state index in [-0.39, 0.29) is 17.6 Å². The number of nitrogen functional groups attached to an aromatic ring is 1. The Balaban J connectivity index is 1.34. The van der Waals surface area contributed by atoms with Crippen LogP contribution in [0.1, 0.15) is 42.5 Å². The van der Waals surface area contributed by atoms with Crippen LogP contribution in [0.3, 0.4) is 0 Å². The maximum atomic E-state index is 12.9. The standard InChI is InChI=1S/C21H27N5O2S/c22-19-13-24-16(12-25-19)18-11-14-17(29-18)4-10-28-21(14)5-8-26(9-6-21)20(27)15-3-1-2-7-23-15/h11-13,15,23H,1-10H2,(H2,22,25)/t15-/m0/s1. The Bertz CT molecular complexity index is 883. The molecule has 5 rings (SSSR count). The lowest BCUT2D eigenvalue weighted by atomic mass is 9.82. The first kappa shape index (κ1) is 19.0. The van der Waals surface area contributed by atoms with Gasteiger partial charge in [0.15, 0.2) is 0 Å². The molecule has 0 saturated carbocycles. The number of nitrogens with one attached hydrogen (secondary N) is 1. The normalized spacial score (nSPS) is 23.7. The van der Waals surface area contributed by atoms with Crippen LogP contribution in [-0.2, 0) is 21.6 Å². The molecule has 0 bridgehead atoms. The summed E-state index contributed by atoms with van der Waals surface area (Å²) >= 11 is 1.78. The molecule has 0 aliphatic carbocycles. The molecule has 8 heteroatoms. The molecule has 2 aromatic rings. The maximum absolute atomic E-state index is 12.9. The second kappa shape index (κ2) is 7.66. The lowest BCUT2D eigenvalue weighted by Crippen LogP contribution is -2.53. The first-order valence-electron chi connectivity index (χ1n) is 10.5. The molecule has 2 fully saturated rings. The Morgan fingerprint density at radius 3 is 2.86 bits per heavy atom. The molecule has 1 amide bonds. The average Bonchev–Trinajstić information content (AvgIpc) is 3.21. The van der Waals surface area contributed by atoms with Gasteiger partial charge in [0, 0.05) is 24.4 Å². The fraction of sp³-hybridized carbons (Fsp3) is 0.571. The second-order valence-electron chi connectivity index (χ2n) is 8.19. The van der Waals surface area contributed by atoms with Crippen LogP contribution in [0.5, 0.6) is 0 Å². The topological polar surface area (TPSA) is 93.4 Å². The van der Waals surface area contributed by atoms with Crippen molar-refractivity contribution in [2.45, 2.75) is 50.2 Å². The van der Waals surface area contributed by atoms with Crippen LogP contribution >= 0.6 is 11.3 Å². The Kier molecular flexibility index (Phi) is 5.01. The molecule has 3 aliphatic rings. The molecule has 1 atom stereocenters. The van der Waals surface area contributed by atoms with Crippen molar-refractivity contribution in [1.29, 1.82) is 0 Å². The number of amides is 1. The van der Waals surface area contributed by atoms with Gasteiger partial charge in [0.05, 0.1) is 41.2 Å². The number of hydrogen-bond acceptors (Lipinski definition) is 7. The Morgan fingerprint density at radius 2 is 2.14 bits per heavy atom. The van der Waals surface area contributed by atoms with Crippen molar-refractivity contribution in [3.63, 3.8) is 0 Å². The lowest BCUT2D eigenvalue weighted by Gasteiger charge is -2.44. The van der Waals surface area contributed by atoms with E-state index in [9.17, 15) is 4.79 Å². The summed E-state index contributed by atoms with van der Waals surface area (Å²) in [5, 5.41) is 3.39. The highest BCUT2D eigenvalue weighted by Gasteiger charge is 2.43. The summed E-state index contributed by atoms with van der Waals surface area (Å²) < 4.78 is 6.37. The number of nitrogens with two attached hydrogens (primary N) is 1. The van der Waals surface area contributed by atoms with Crippen molar-refractivity contribution in [1.82, 2.24) is 20.2 Å². The van der Waals surface area contributed by atoms with Gasteiger partial charge in [-0.3, -0.25) is 4.79 Å². The summed E-state index contributed by atoms with van der Waals surface area (Å²) in [5.41, 5.74) is 7.54. The molecule has 0 aromatic carbocycles. The number of anilines is 1. The molecule has 5 heterocycles. The SMILES string of the molecule is Nc1cnc(-c2cc3c(s2)CCOC32CCN(C(=O)[C@@H]3CCCCN3)CC2)cn1. The first-order chi connectivity index (χ1) is 14.1. The van der Waals surface area contributed by atoms with Gasteiger partial charge in [-0.25, -0.2) is 9.97 Å². The molecule has 3 N–H and O–H groups in total. The number of carbonyl (C=O) groups is 1. The number of likely N-dealkylation sites (tertiary alicyclic amines) is 1. The van der Waals surface area contributed by atoms with Crippen LogP contribution in [0, 0.1) is 0 Å². The summed E-state index contributed by atoms with van der Waals surface area (Å²) in [7, 11) is 0. The van der Waals surface area contributed by atoms with E-state index in [1.54, 1.807) is 23.7 Å². The Labute approximate surface area is 174 Å². The number of hydrogen-bond donors (Lipinski definition) is 2. The molecule has 1 spiro atoms. The molecule has 3 aliphatic heterocycles. The molecule has 29 heavy (non-hydrogen) atoms. The summed E-state index contributed by atoms with van der Waals surface area (Å²) in [6.45, 7) is 3.19. The van der Waals surface area contributed by atoms with Crippen molar-refractivity contribution < 1.29 is 9.53 Å². The van der Waals surface area contributed by atoms with E-state index in [1.165, 1.54) is 16.9 Å². The highest BCUT2D eigenvalue weighted by Crippen LogP contribution is 2.46. The molecular weight excluding hydrogens is 386 g/mol. The molecule has 7 nitrogen and oxygen atoms in total. The zero-order valence-corrected chi connectivity index (χ0v) is 17.3. The van der Waals surface area contributed by atoms with Crippen LogP contribution in [0.4, 0.5) is 5.82 Å². The van der Waals surface area contributed by atoms with Gasteiger partial charge in [0.25, 0.3) is 0 Å². The lowest BCUT2D eigenvalue weighted by molar-refractivity contribution is -0.143. The van der Waals surface area contributed by atoms with Gasteiger partial charge >= 0.3 is 0 Å². The van der Waals surface area contributed by atoms with E-state index in [1.807, 2.05) is 4.90 Å². The van der Waals surface area contributed by atoms with Crippen LogP contribution in [0.2, 0.25) is 0 Å². The van der Waals surface area contributed by atoms with Gasteiger partial charge < -0.3 is 20.7 Å². The highest BCUT2D eigenvalue weighted by molar-refractivity contribution is 7.15. The Hall–Kier alpha value is -2.03. The number of piperidine rings is 2. The van der Waals surface area contributed by atoms with Crippen LogP contribution < -0.4 is 11.1 Å². The number of thiophene rings is 1. The summed E-state index contributed by atoms with van der Waals surface area (Å²) in [4.78, 5) is 26.0. The number of aromatic nitrogens is 2. The quantitative estimate of drug-likeness (QED) is 0.785. The zero-order chi connectivity index (χ0) is 19.8. The third-order valence-electron chi connectivity index (χ3n) is 6.42. The van der Waals surface area contributed by atoms with Crippen LogP contribution in [-0.4, -0.2) is 53.1 Å². The van der Waals surface area contributed by atoms with E-state index in [4.69, 9.17) is 10.5 Å². The fourth-order valence-electron chi connectivity index (χ4n) is 4.79. The van der Waals surface area contributed by atoms with Gasteiger partial charge in [-0.2, -0.15) is 0 Å². The van der Waals surface area contributed by atoms with Crippen molar-refractivity contribution in [2.75, 3.05) is 32.0 Å². The molecule has 0 unspecified atom stereocenters. The number of nitrogens with zero attached hydrogens (tertiary/aromatic N) is 3. The smallest absolute Gasteiger partial charge is 0.239 e. The predicted molar refractivity (Wildman–Crippen MR) is 113 cm³/mol. The van der Waals surface area contributed by atoms with E-state index < -0.39 is 0 Å². The van der Waals surface area contributed by atoms with Gasteiger partial charge in [-0.15, -0.1) is 11.3 Å². The first-order valence-corrected chi connectivity index (χ1v) is 11.3. The van der Waals surface area contributed by atoms with Crippen molar-refractivity contribution in [3.8, 4) is 10.6 Å². The minimum Gasteiger partial charge on any atom is -0.382 e. The number of rotatable bonds is 2. The van der Waals surface area contributed by atoms with Gasteiger partial charge in [-0.1, -0.05) is 6.42 Å². The van der Waals surface area contributed by atoms with Crippen molar-refractivity contribution >= 4 is 23.1 Å². The maximum Gasteiger partial charge on any atom is 0.239 e. The molecule has 2 saturated heterocycles. The number of carbonyl (C=O) groups excluding carboxylic acids is 1. The molecule has 154 valence electrons. The molecular formula is C21H27N5O2S. The van der Waals surface area contributed by atoms with Gasteiger partial charge in [0.2, 0.25) is 5.91 Å². The highest BCUT2D eigenvalue weighted by atomic mass is 32.1. The third kappa shape index (κ3) is 3.53. The monoisotopic (exact) mass is 413 g/mol. The number of fused-ring (bicyclic) bond motifs is 2. The van der Waals surface area contributed by atoms with Crippen LogP contribution in [0.25, 0.3) is 10.6 Å². The zero-order valence-electron chi connectivity index (χ0n) is 16.5. The largest absolute Gasteiger partial charge is 0.382 e. The van der Waals surface area contributed by atoms with Crippen molar-refractivity contribution in [2.24, 2.45) is 0 Å². The summed E-state index contributed by atoms with van der Waals surface area (Å²) in [5.74, 6) is 0.693. The van der Waals surface area contributed by atoms with Crippen LogP contribution in [0.15, 0.2) is 18.5 Å². The summed E-state index contributed by atoms with van der Waals surface area (Å²) in [6, 6.07) is 2.22. The average molecular weight is 414 g/mol. The van der Waals surface area contributed by atoms with Gasteiger partial charge in [0.1, 0.15) is 5.82 Å². The van der Waals surface area contributed by atoms with E-state index in [0.717, 1.165) is 68.9 Å².